The number of hydrogen-bond donors (Lipinski definition) is 2. The predicted molar refractivity (Wildman–Crippen MR) is 62.6 cm³/mol. The molecule has 3 N–H and O–H groups in total. The van der Waals surface area contributed by atoms with Gasteiger partial charge >= 0.3 is 0 Å². The highest BCUT2D eigenvalue weighted by Crippen LogP contribution is 2.24. The van der Waals surface area contributed by atoms with Crippen LogP contribution in [0.25, 0.3) is 0 Å². The van der Waals surface area contributed by atoms with Crippen LogP contribution in [0.4, 0.5) is 0 Å². The molecule has 0 radical (unpaired) electrons. The van der Waals surface area contributed by atoms with Crippen molar-refractivity contribution in [1.29, 1.82) is 0 Å². The summed E-state index contributed by atoms with van der Waals surface area (Å²) in [5.74, 6) is 0.274. The van der Waals surface area contributed by atoms with E-state index in [1.807, 2.05) is 30.1 Å². The lowest BCUT2D eigenvalue weighted by Crippen LogP contribution is -2.29. The van der Waals surface area contributed by atoms with Crippen LogP contribution in [-0.2, 0) is 18.4 Å². The number of aryl methyl sites for hydroxylation is 1. The third kappa shape index (κ3) is 2.64. The molecule has 1 heterocycles. The number of aromatic nitrogens is 1. The second-order valence-electron chi connectivity index (χ2n) is 4.67. The van der Waals surface area contributed by atoms with Gasteiger partial charge in [0.05, 0.1) is 0 Å². The van der Waals surface area contributed by atoms with Gasteiger partial charge in [0.2, 0.25) is 5.91 Å². The maximum absolute atomic E-state index is 11.8. The number of rotatable bonds is 3. The van der Waals surface area contributed by atoms with Crippen LogP contribution in [0.1, 0.15) is 24.8 Å². The number of nitrogens with zero attached hydrogens (tertiary/aromatic N) is 1. The van der Waals surface area contributed by atoms with Crippen LogP contribution in [-0.4, -0.2) is 16.5 Å². The van der Waals surface area contributed by atoms with Crippen LogP contribution >= 0.6 is 0 Å². The summed E-state index contributed by atoms with van der Waals surface area (Å²) in [6.45, 7) is 0.616. The summed E-state index contributed by atoms with van der Waals surface area (Å²) in [6.07, 6.45) is 6.74. The van der Waals surface area contributed by atoms with Crippen LogP contribution < -0.4 is 11.1 Å². The molecule has 1 fully saturated rings. The first-order chi connectivity index (χ1) is 7.65. The molecule has 0 saturated heterocycles. The number of nitrogens with two attached hydrogens (primary N) is 1. The molecule has 1 aromatic heterocycles. The van der Waals surface area contributed by atoms with Crippen molar-refractivity contribution in [3.63, 3.8) is 0 Å². The third-order valence-corrected chi connectivity index (χ3v) is 3.20. The van der Waals surface area contributed by atoms with E-state index >= 15 is 0 Å². The van der Waals surface area contributed by atoms with E-state index < -0.39 is 0 Å². The first-order valence-electron chi connectivity index (χ1n) is 5.79. The Morgan fingerprint density at radius 1 is 1.62 bits per heavy atom. The molecular weight excluding hydrogens is 202 g/mol. The molecule has 4 heteroatoms. The van der Waals surface area contributed by atoms with E-state index in [2.05, 4.69) is 5.32 Å². The topological polar surface area (TPSA) is 60.0 Å². The lowest BCUT2D eigenvalue weighted by molar-refractivity contribution is -0.125. The second-order valence-corrected chi connectivity index (χ2v) is 4.67. The Morgan fingerprint density at radius 2 is 2.44 bits per heavy atom. The van der Waals surface area contributed by atoms with Crippen molar-refractivity contribution >= 4 is 5.91 Å². The number of carbonyl (C=O) groups excluding carboxylic acids is 1. The van der Waals surface area contributed by atoms with Gasteiger partial charge in [-0.15, -0.1) is 0 Å². The van der Waals surface area contributed by atoms with Crippen LogP contribution in [0, 0.1) is 5.92 Å². The standard InChI is InChI=1S/C12H19N3O/c1-15-5-4-9(8-15)7-14-12(16)10-2-3-11(13)6-10/h4-5,8,10-11H,2-3,6-7,13H2,1H3,(H,14,16). The molecule has 1 saturated carbocycles. The lowest BCUT2D eigenvalue weighted by atomic mass is 10.1. The molecule has 1 aliphatic rings. The van der Waals surface area contributed by atoms with Crippen molar-refractivity contribution in [3.05, 3.63) is 24.0 Å². The maximum Gasteiger partial charge on any atom is 0.223 e. The Morgan fingerprint density at radius 3 is 3.00 bits per heavy atom. The maximum atomic E-state index is 11.8. The van der Waals surface area contributed by atoms with Gasteiger partial charge in [-0.2, -0.15) is 0 Å². The lowest BCUT2D eigenvalue weighted by Gasteiger charge is -2.09. The van der Waals surface area contributed by atoms with Gasteiger partial charge < -0.3 is 15.6 Å². The summed E-state index contributed by atoms with van der Waals surface area (Å²) in [6, 6.07) is 2.23. The number of amides is 1. The average Bonchev–Trinajstić information content (AvgIpc) is 2.84. The molecule has 16 heavy (non-hydrogen) atoms. The average molecular weight is 221 g/mol. The van der Waals surface area contributed by atoms with Crippen LogP contribution in [0.2, 0.25) is 0 Å². The molecular formula is C12H19N3O. The van der Waals surface area contributed by atoms with Crippen LogP contribution in [0.5, 0.6) is 0 Å². The highest BCUT2D eigenvalue weighted by Gasteiger charge is 2.27. The normalized spacial score (nSPS) is 24.6. The molecule has 0 aliphatic heterocycles. The Labute approximate surface area is 95.8 Å². The summed E-state index contributed by atoms with van der Waals surface area (Å²) in [5.41, 5.74) is 6.93. The quantitative estimate of drug-likeness (QED) is 0.792. The van der Waals surface area contributed by atoms with Crippen LogP contribution in [0.15, 0.2) is 18.5 Å². The molecule has 2 unspecified atom stereocenters. The molecule has 0 aromatic carbocycles. The molecule has 1 aromatic rings. The fourth-order valence-corrected chi connectivity index (χ4v) is 2.25. The minimum absolute atomic E-state index is 0.124. The van der Waals surface area contributed by atoms with Crippen LogP contribution in [0.3, 0.4) is 0 Å². The number of carbonyl (C=O) groups is 1. The molecule has 1 amide bonds. The fraction of sp³-hybridized carbons (Fsp3) is 0.583. The fourth-order valence-electron chi connectivity index (χ4n) is 2.25. The second kappa shape index (κ2) is 4.70. The smallest absolute Gasteiger partial charge is 0.223 e. The Kier molecular flexibility index (Phi) is 3.29. The molecule has 2 atom stereocenters. The molecule has 88 valence electrons. The van der Waals surface area contributed by atoms with Crippen molar-refractivity contribution in [3.8, 4) is 0 Å². The van der Waals surface area contributed by atoms with Crippen molar-refractivity contribution in [2.24, 2.45) is 18.7 Å². The van der Waals surface area contributed by atoms with Gasteiger partial charge in [-0.25, -0.2) is 0 Å². The van der Waals surface area contributed by atoms with Crippen molar-refractivity contribution in [2.45, 2.75) is 31.8 Å². The van der Waals surface area contributed by atoms with Gasteiger partial charge in [-0.1, -0.05) is 0 Å². The third-order valence-electron chi connectivity index (χ3n) is 3.20. The van der Waals surface area contributed by atoms with E-state index in [1.54, 1.807) is 0 Å². The van der Waals surface area contributed by atoms with E-state index in [1.165, 1.54) is 0 Å². The minimum Gasteiger partial charge on any atom is -0.357 e. The number of hydrogen-bond acceptors (Lipinski definition) is 2. The van der Waals surface area contributed by atoms with Crippen molar-refractivity contribution in [2.75, 3.05) is 0 Å². The summed E-state index contributed by atoms with van der Waals surface area (Å²) >= 11 is 0. The molecule has 1 aliphatic carbocycles. The van der Waals surface area contributed by atoms with Gasteiger partial charge in [0.25, 0.3) is 0 Å². The number of nitrogens with one attached hydrogen (secondary N) is 1. The summed E-state index contributed by atoms with van der Waals surface area (Å²) in [7, 11) is 1.97. The van der Waals surface area contributed by atoms with E-state index in [0.717, 1.165) is 24.8 Å². The van der Waals surface area contributed by atoms with Gasteiger partial charge in [0.1, 0.15) is 0 Å². The molecule has 4 nitrogen and oxygen atoms in total. The van der Waals surface area contributed by atoms with E-state index in [-0.39, 0.29) is 17.9 Å². The van der Waals surface area contributed by atoms with Gasteiger partial charge in [0, 0.05) is 37.9 Å². The summed E-state index contributed by atoms with van der Waals surface area (Å²) in [4.78, 5) is 11.8. The summed E-state index contributed by atoms with van der Waals surface area (Å²) < 4.78 is 1.98. The highest BCUT2D eigenvalue weighted by molar-refractivity contribution is 5.78. The Bertz CT molecular complexity index is 372. The Balaban J connectivity index is 1.80. The first-order valence-corrected chi connectivity index (χ1v) is 5.79. The highest BCUT2D eigenvalue weighted by atomic mass is 16.1. The van der Waals surface area contributed by atoms with E-state index in [9.17, 15) is 4.79 Å². The molecule has 2 rings (SSSR count). The largest absolute Gasteiger partial charge is 0.357 e. The van der Waals surface area contributed by atoms with Gasteiger partial charge in [0.15, 0.2) is 0 Å². The zero-order valence-corrected chi connectivity index (χ0v) is 9.65. The Hall–Kier alpha value is -1.29. The monoisotopic (exact) mass is 221 g/mol. The molecule has 0 bridgehead atoms. The first kappa shape index (κ1) is 11.2. The predicted octanol–water partition coefficient (Wildman–Crippen LogP) is 0.769. The van der Waals surface area contributed by atoms with Crippen molar-refractivity contribution in [1.82, 2.24) is 9.88 Å². The molecule has 0 spiro atoms. The zero-order chi connectivity index (χ0) is 11.5. The van der Waals surface area contributed by atoms with E-state index in [4.69, 9.17) is 5.73 Å². The van der Waals surface area contributed by atoms with Crippen molar-refractivity contribution < 1.29 is 4.79 Å². The van der Waals surface area contributed by atoms with Gasteiger partial charge in [-0.3, -0.25) is 4.79 Å². The zero-order valence-electron chi connectivity index (χ0n) is 9.65. The van der Waals surface area contributed by atoms with Gasteiger partial charge in [-0.05, 0) is 30.9 Å². The van der Waals surface area contributed by atoms with E-state index in [0.29, 0.717) is 6.54 Å². The summed E-state index contributed by atoms with van der Waals surface area (Å²) in [5, 5.41) is 2.97. The minimum atomic E-state index is 0.124. The SMILES string of the molecule is Cn1ccc(CNC(=O)C2CCC(N)C2)c1.